The SMILES string of the molecule is CO[C@H]([C@@H](C)C(=O)C[C@@H](Cc1ccccc1Cl)C(=O)OC(C)(C)C)[C@@H]1C[C@@H]2C[C@@H]2N1C(=O)OC(C)(C)C. The molecule has 0 aromatic heterocycles. The van der Waals surface area contributed by atoms with Gasteiger partial charge in [-0.15, -0.1) is 0 Å². The number of Topliss-reactive ketones (excluding diaryl/α,β-unsaturated/α-hetero) is 1. The Morgan fingerprint density at radius 2 is 1.65 bits per heavy atom. The van der Waals surface area contributed by atoms with Crippen molar-refractivity contribution in [2.45, 2.75) is 104 Å². The summed E-state index contributed by atoms with van der Waals surface area (Å²) in [4.78, 5) is 41.6. The smallest absolute Gasteiger partial charge is 0.410 e. The highest BCUT2D eigenvalue weighted by atomic mass is 35.5. The van der Waals surface area contributed by atoms with E-state index in [2.05, 4.69) is 0 Å². The molecule has 3 rings (SSSR count). The maximum atomic E-state index is 13.6. The van der Waals surface area contributed by atoms with Gasteiger partial charge in [-0.1, -0.05) is 36.7 Å². The van der Waals surface area contributed by atoms with Crippen LogP contribution in [0.2, 0.25) is 5.02 Å². The molecule has 1 aliphatic heterocycles. The Kier molecular flexibility index (Phi) is 9.01. The quantitative estimate of drug-likeness (QED) is 0.369. The number of nitrogens with zero attached hydrogens (tertiary/aromatic N) is 1. The number of methoxy groups -OCH3 is 1. The van der Waals surface area contributed by atoms with E-state index in [9.17, 15) is 14.4 Å². The molecule has 1 aromatic rings. The Labute approximate surface area is 226 Å². The fourth-order valence-electron chi connectivity index (χ4n) is 5.23. The largest absolute Gasteiger partial charge is 0.460 e. The molecule has 0 spiro atoms. The second-order valence-corrected chi connectivity index (χ2v) is 12.8. The fourth-order valence-corrected chi connectivity index (χ4v) is 5.45. The molecule has 2 aliphatic rings. The summed E-state index contributed by atoms with van der Waals surface area (Å²) in [6, 6.07) is 7.18. The van der Waals surface area contributed by atoms with Gasteiger partial charge in [0.25, 0.3) is 0 Å². The number of carbonyl (C=O) groups is 3. The van der Waals surface area contributed by atoms with Gasteiger partial charge in [-0.05, 0) is 78.4 Å². The number of carbonyl (C=O) groups excluding carboxylic acids is 3. The Hall–Kier alpha value is -2.12. The molecule has 1 saturated carbocycles. The molecule has 206 valence electrons. The number of hydrogen-bond donors (Lipinski definition) is 0. The van der Waals surface area contributed by atoms with Crippen molar-refractivity contribution in [3.63, 3.8) is 0 Å². The Bertz CT molecular complexity index is 997. The molecule has 1 amide bonds. The van der Waals surface area contributed by atoms with Gasteiger partial charge in [-0.25, -0.2) is 4.79 Å². The summed E-state index contributed by atoms with van der Waals surface area (Å²) in [5.74, 6) is -1.36. The number of piperidine rings is 1. The first-order chi connectivity index (χ1) is 17.1. The van der Waals surface area contributed by atoms with E-state index in [-0.39, 0.29) is 30.4 Å². The van der Waals surface area contributed by atoms with Crippen LogP contribution in [0.15, 0.2) is 24.3 Å². The first-order valence-electron chi connectivity index (χ1n) is 13.1. The van der Waals surface area contributed by atoms with Crippen molar-refractivity contribution in [1.82, 2.24) is 4.90 Å². The van der Waals surface area contributed by atoms with Crippen molar-refractivity contribution in [3.05, 3.63) is 34.9 Å². The van der Waals surface area contributed by atoms with Crippen LogP contribution in [0.1, 0.15) is 73.3 Å². The van der Waals surface area contributed by atoms with Gasteiger partial charge >= 0.3 is 12.1 Å². The van der Waals surface area contributed by atoms with Crippen LogP contribution in [0, 0.1) is 17.8 Å². The highest BCUT2D eigenvalue weighted by Gasteiger charge is 2.58. The predicted octanol–water partition coefficient (Wildman–Crippen LogP) is 5.85. The molecule has 6 atom stereocenters. The molecule has 0 unspecified atom stereocenters. The summed E-state index contributed by atoms with van der Waals surface area (Å²) in [6.45, 7) is 12.8. The van der Waals surface area contributed by atoms with Crippen LogP contribution in [0.5, 0.6) is 0 Å². The molecule has 7 nitrogen and oxygen atoms in total. The van der Waals surface area contributed by atoms with Gasteiger partial charge in [0.05, 0.1) is 18.1 Å². The molecule has 2 fully saturated rings. The molecular weight excluding hydrogens is 494 g/mol. The van der Waals surface area contributed by atoms with Crippen molar-refractivity contribution >= 4 is 29.4 Å². The van der Waals surface area contributed by atoms with Crippen molar-refractivity contribution in [2.75, 3.05) is 7.11 Å². The van der Waals surface area contributed by atoms with Gasteiger partial charge in [0.1, 0.15) is 17.0 Å². The van der Waals surface area contributed by atoms with E-state index >= 15 is 0 Å². The molecule has 0 radical (unpaired) electrons. The summed E-state index contributed by atoms with van der Waals surface area (Å²) in [5, 5.41) is 0.546. The third-order valence-corrected chi connectivity index (χ3v) is 7.38. The minimum Gasteiger partial charge on any atom is -0.460 e. The molecule has 0 bridgehead atoms. The summed E-state index contributed by atoms with van der Waals surface area (Å²) in [5.41, 5.74) is -0.508. The standard InChI is InChI=1S/C29H42ClNO6/c1-17(25(35-8)23-15-19-14-22(19)31(23)27(34)37-29(5,6)7)24(32)16-20(26(33)36-28(2,3)4)13-18-11-9-10-12-21(18)30/h9-12,17,19-20,22-23,25H,13-16H2,1-8H3/t17-,19-,20+,22-,23-,25+/m0/s1. The average molecular weight is 536 g/mol. The molecule has 0 N–H and O–H groups in total. The maximum Gasteiger partial charge on any atom is 0.410 e. The van der Waals surface area contributed by atoms with E-state index in [1.807, 2.05) is 45.9 Å². The summed E-state index contributed by atoms with van der Waals surface area (Å²) in [7, 11) is 1.57. The summed E-state index contributed by atoms with van der Waals surface area (Å²) < 4.78 is 17.2. The fraction of sp³-hybridized carbons (Fsp3) is 0.690. The number of ketones is 1. The molecule has 1 aromatic carbocycles. The van der Waals surface area contributed by atoms with Crippen LogP contribution in [-0.4, -0.2) is 59.2 Å². The number of ether oxygens (including phenoxy) is 3. The lowest BCUT2D eigenvalue weighted by Gasteiger charge is -2.36. The first-order valence-corrected chi connectivity index (χ1v) is 13.5. The number of esters is 1. The predicted molar refractivity (Wildman–Crippen MR) is 142 cm³/mol. The van der Waals surface area contributed by atoms with Gasteiger partial charge in [0, 0.05) is 30.5 Å². The zero-order valence-electron chi connectivity index (χ0n) is 23.4. The molecule has 8 heteroatoms. The lowest BCUT2D eigenvalue weighted by atomic mass is 9.85. The zero-order valence-corrected chi connectivity index (χ0v) is 24.1. The van der Waals surface area contributed by atoms with Crippen molar-refractivity contribution in [3.8, 4) is 0 Å². The second-order valence-electron chi connectivity index (χ2n) is 12.4. The lowest BCUT2D eigenvalue weighted by Crippen LogP contribution is -2.51. The highest BCUT2D eigenvalue weighted by molar-refractivity contribution is 6.31. The van der Waals surface area contributed by atoms with Gasteiger partial charge < -0.3 is 14.2 Å². The van der Waals surface area contributed by atoms with E-state index in [4.69, 9.17) is 25.8 Å². The molecule has 1 saturated heterocycles. The third kappa shape index (κ3) is 7.70. The van der Waals surface area contributed by atoms with Crippen molar-refractivity contribution in [1.29, 1.82) is 0 Å². The van der Waals surface area contributed by atoms with E-state index < -0.39 is 35.1 Å². The topological polar surface area (TPSA) is 82.1 Å². The van der Waals surface area contributed by atoms with Crippen LogP contribution in [0.3, 0.4) is 0 Å². The number of benzene rings is 1. The van der Waals surface area contributed by atoms with E-state index in [0.717, 1.165) is 18.4 Å². The van der Waals surface area contributed by atoms with Crippen LogP contribution in [-0.2, 0) is 30.2 Å². The number of fused-ring (bicyclic) bond motifs is 1. The lowest BCUT2D eigenvalue weighted by molar-refractivity contribution is -0.161. The van der Waals surface area contributed by atoms with Crippen LogP contribution >= 0.6 is 11.6 Å². The monoisotopic (exact) mass is 535 g/mol. The van der Waals surface area contributed by atoms with Crippen LogP contribution < -0.4 is 0 Å². The van der Waals surface area contributed by atoms with Crippen molar-refractivity contribution < 1.29 is 28.6 Å². The van der Waals surface area contributed by atoms with Crippen molar-refractivity contribution in [2.24, 2.45) is 17.8 Å². The molecule has 1 aliphatic carbocycles. The Morgan fingerprint density at radius 3 is 2.22 bits per heavy atom. The minimum atomic E-state index is -0.689. The van der Waals surface area contributed by atoms with Crippen LogP contribution in [0.4, 0.5) is 4.79 Å². The second kappa shape index (κ2) is 11.3. The summed E-state index contributed by atoms with van der Waals surface area (Å²) >= 11 is 6.37. The number of amides is 1. The summed E-state index contributed by atoms with van der Waals surface area (Å²) in [6.07, 6.45) is 1.14. The number of rotatable bonds is 9. The number of likely N-dealkylation sites (tertiary alicyclic amines) is 1. The number of halogens is 1. The first kappa shape index (κ1) is 29.4. The molecule has 1 heterocycles. The Balaban J connectivity index is 1.77. The third-order valence-electron chi connectivity index (χ3n) is 7.01. The van der Waals surface area contributed by atoms with Gasteiger partial charge in [0.2, 0.25) is 0 Å². The minimum absolute atomic E-state index is 0.00677. The highest BCUT2D eigenvalue weighted by Crippen LogP contribution is 2.50. The van der Waals surface area contributed by atoms with Gasteiger partial charge in [-0.2, -0.15) is 0 Å². The number of hydrogen-bond acceptors (Lipinski definition) is 6. The van der Waals surface area contributed by atoms with E-state index in [0.29, 0.717) is 17.4 Å². The maximum absolute atomic E-state index is 13.6. The van der Waals surface area contributed by atoms with E-state index in [1.54, 1.807) is 38.8 Å². The molecular formula is C29H42ClNO6. The Morgan fingerprint density at radius 1 is 1.03 bits per heavy atom. The van der Waals surface area contributed by atoms with Gasteiger partial charge in [-0.3, -0.25) is 14.5 Å². The van der Waals surface area contributed by atoms with E-state index in [1.165, 1.54) is 0 Å². The zero-order chi connectivity index (χ0) is 27.7. The van der Waals surface area contributed by atoms with Gasteiger partial charge in [0.15, 0.2) is 0 Å². The average Bonchev–Trinajstić information content (AvgIpc) is 3.42. The molecule has 37 heavy (non-hydrogen) atoms. The normalized spacial score (nSPS) is 23.6. The van der Waals surface area contributed by atoms with Crippen LogP contribution in [0.25, 0.3) is 0 Å².